The standard InChI is InChI=1S/C23H24O6/c1-26-20-11-7-16(13-22(20)28-3)5-9-18(24)15-19(25)10-6-17-8-12-21(27-2)23(14-17)29-4/h5-14H,15H2,1-4H3/b9-5+,10-6+/i1D3,2D3,3D3,4D3,5D,6D. The molecule has 152 valence electrons. The summed E-state index contributed by atoms with van der Waals surface area (Å²) < 4.78 is 122. The average molecular weight is 411 g/mol. The van der Waals surface area contributed by atoms with Crippen molar-refractivity contribution in [1.29, 1.82) is 0 Å². The highest BCUT2D eigenvalue weighted by atomic mass is 16.5. The van der Waals surface area contributed by atoms with Gasteiger partial charge in [0.05, 0.1) is 53.8 Å². The Kier molecular flexibility index (Phi) is 3.44. The molecule has 0 unspecified atom stereocenters. The summed E-state index contributed by atoms with van der Waals surface area (Å²) in [6.07, 6.45) is 0.692. The summed E-state index contributed by atoms with van der Waals surface area (Å²) >= 11 is 0. The number of ketones is 2. The van der Waals surface area contributed by atoms with Gasteiger partial charge in [0.25, 0.3) is 0 Å². The molecule has 0 N–H and O–H groups in total. The number of hydrogen-bond acceptors (Lipinski definition) is 6. The third kappa shape index (κ3) is 6.24. The van der Waals surface area contributed by atoms with Crippen molar-refractivity contribution >= 4 is 23.7 Å². The predicted molar refractivity (Wildman–Crippen MR) is 112 cm³/mol. The van der Waals surface area contributed by atoms with Crippen molar-refractivity contribution in [2.75, 3.05) is 28.2 Å². The molecule has 0 bridgehead atoms. The molecular formula is C23H24O6. The largest absolute Gasteiger partial charge is 0.493 e. The molecule has 0 saturated carbocycles. The number of allylic oxidation sites excluding steroid dienone is 2. The Labute approximate surface area is 190 Å². The summed E-state index contributed by atoms with van der Waals surface area (Å²) in [6.45, 7) is 0. The van der Waals surface area contributed by atoms with Crippen LogP contribution in [0.1, 0.15) is 36.7 Å². The Morgan fingerprint density at radius 1 is 0.759 bits per heavy atom. The van der Waals surface area contributed by atoms with Gasteiger partial charge in [0.2, 0.25) is 0 Å². The van der Waals surface area contributed by atoms with Crippen molar-refractivity contribution in [3.05, 3.63) is 59.7 Å². The highest BCUT2D eigenvalue weighted by Crippen LogP contribution is 2.28. The van der Waals surface area contributed by atoms with Gasteiger partial charge in [-0.15, -0.1) is 0 Å². The molecule has 0 aliphatic carbocycles. The van der Waals surface area contributed by atoms with Crippen molar-refractivity contribution in [1.82, 2.24) is 0 Å². The normalized spacial score (nSPS) is 20.4. The molecule has 2 rings (SSSR count). The van der Waals surface area contributed by atoms with E-state index in [2.05, 4.69) is 0 Å². The Balaban J connectivity index is 2.26. The predicted octanol–water partition coefficient (Wildman–Crippen LogP) is 3.98. The summed E-state index contributed by atoms with van der Waals surface area (Å²) in [6, 6.07) is 5.38. The molecule has 0 spiro atoms. The molecule has 6 nitrogen and oxygen atoms in total. The maximum Gasteiger partial charge on any atom is 0.163 e. The van der Waals surface area contributed by atoms with Crippen LogP contribution in [0, 0.1) is 0 Å². The molecule has 6 heteroatoms. The molecule has 2 aromatic carbocycles. The van der Waals surface area contributed by atoms with Crippen LogP contribution in [0.15, 0.2) is 48.6 Å². The maximum atomic E-state index is 12.4. The van der Waals surface area contributed by atoms with E-state index in [1.807, 2.05) is 0 Å². The van der Waals surface area contributed by atoms with Crippen molar-refractivity contribution < 1.29 is 47.7 Å². The first-order valence-corrected chi connectivity index (χ1v) is 7.88. The van der Waals surface area contributed by atoms with Gasteiger partial charge in [-0.2, -0.15) is 0 Å². The van der Waals surface area contributed by atoms with Crippen LogP contribution in [-0.2, 0) is 9.59 Å². The average Bonchev–Trinajstić information content (AvgIpc) is 2.77. The van der Waals surface area contributed by atoms with Crippen LogP contribution in [0.4, 0.5) is 0 Å². The number of ether oxygens (including phenoxy) is 4. The minimum absolute atomic E-state index is 0.0733. The summed E-state index contributed by atoms with van der Waals surface area (Å²) in [5.74, 6) is -3.73. The highest BCUT2D eigenvalue weighted by Gasteiger charge is 2.07. The minimum Gasteiger partial charge on any atom is -0.493 e. The molecule has 0 saturated heterocycles. The third-order valence-electron chi connectivity index (χ3n) is 3.48. The fraction of sp³-hybridized carbons (Fsp3) is 0.217. The van der Waals surface area contributed by atoms with Gasteiger partial charge in [0, 0.05) is 0 Å². The minimum atomic E-state index is -3.00. The lowest BCUT2D eigenvalue weighted by Crippen LogP contribution is -2.02. The van der Waals surface area contributed by atoms with Gasteiger partial charge >= 0.3 is 0 Å². The van der Waals surface area contributed by atoms with Gasteiger partial charge in [0.1, 0.15) is 0 Å². The molecule has 0 aliphatic heterocycles. The lowest BCUT2D eigenvalue weighted by Gasteiger charge is -2.07. The van der Waals surface area contributed by atoms with Gasteiger partial charge in [-0.3, -0.25) is 9.59 Å². The van der Waals surface area contributed by atoms with E-state index in [-0.39, 0.29) is 11.1 Å². The molecule has 0 radical (unpaired) electrons. The second-order valence-corrected chi connectivity index (χ2v) is 5.42. The van der Waals surface area contributed by atoms with Crippen LogP contribution in [0.2, 0.25) is 0 Å². The molecule has 0 fully saturated rings. The summed E-state index contributed by atoms with van der Waals surface area (Å²) in [5, 5.41) is 0. The van der Waals surface area contributed by atoms with Crippen molar-refractivity contribution in [2.45, 2.75) is 6.42 Å². The van der Waals surface area contributed by atoms with Crippen LogP contribution in [0.5, 0.6) is 23.0 Å². The molecule has 0 amide bonds. The van der Waals surface area contributed by atoms with E-state index in [9.17, 15) is 9.59 Å². The van der Waals surface area contributed by atoms with E-state index in [1.54, 1.807) is 0 Å². The molecule has 2 aromatic rings. The van der Waals surface area contributed by atoms with Gasteiger partial charge in [-0.25, -0.2) is 0 Å². The van der Waals surface area contributed by atoms with Crippen LogP contribution < -0.4 is 18.9 Å². The second-order valence-electron chi connectivity index (χ2n) is 5.42. The van der Waals surface area contributed by atoms with Gasteiger partial charge in [0.15, 0.2) is 34.6 Å². The first-order chi connectivity index (χ1) is 19.4. The Morgan fingerprint density at radius 2 is 1.17 bits per heavy atom. The van der Waals surface area contributed by atoms with E-state index >= 15 is 0 Å². The number of methoxy groups -OCH3 is 4. The Hall–Kier alpha value is -3.54. The Morgan fingerprint density at radius 3 is 1.59 bits per heavy atom. The highest BCUT2D eigenvalue weighted by molar-refractivity contribution is 6.10. The topological polar surface area (TPSA) is 71.1 Å². The smallest absolute Gasteiger partial charge is 0.163 e. The van der Waals surface area contributed by atoms with E-state index in [1.165, 1.54) is 12.1 Å². The van der Waals surface area contributed by atoms with E-state index in [0.717, 1.165) is 36.4 Å². The van der Waals surface area contributed by atoms with Crippen molar-refractivity contribution in [3.8, 4) is 23.0 Å². The van der Waals surface area contributed by atoms with E-state index in [0.29, 0.717) is 0 Å². The monoisotopic (exact) mass is 410 g/mol. The quantitative estimate of drug-likeness (QED) is 0.436. The van der Waals surface area contributed by atoms with E-state index in [4.69, 9.17) is 38.1 Å². The first kappa shape index (κ1) is 9.31. The number of hydrogen-bond donors (Lipinski definition) is 0. The van der Waals surface area contributed by atoms with Crippen LogP contribution in [0.25, 0.3) is 12.1 Å². The summed E-state index contributed by atoms with van der Waals surface area (Å²) in [4.78, 5) is 24.9. The zero-order chi connectivity index (χ0) is 33.0. The number of rotatable bonds is 10. The molecular weight excluding hydrogens is 372 g/mol. The van der Waals surface area contributed by atoms with Gasteiger partial charge in [-0.1, -0.05) is 24.2 Å². The lowest BCUT2D eigenvalue weighted by atomic mass is 10.1. The fourth-order valence-corrected chi connectivity index (χ4v) is 2.13. The maximum absolute atomic E-state index is 12.4. The SMILES string of the molecule is [2H]/C(=C\C(=O)CC(=O)/C=C(\[2H])c1ccc(OC([2H])([2H])[2H])c(OC([2H])([2H])[2H])c1)c1ccc(OC([2H])([2H])[2H])c(OC([2H])([2H])[2H])c1. The number of carbonyl (C=O) groups excluding carboxylic acids is 2. The number of benzene rings is 2. The van der Waals surface area contributed by atoms with Gasteiger partial charge < -0.3 is 18.9 Å². The molecule has 0 heterocycles. The van der Waals surface area contributed by atoms with Crippen LogP contribution >= 0.6 is 0 Å². The van der Waals surface area contributed by atoms with Crippen LogP contribution in [0.3, 0.4) is 0 Å². The zero-order valence-electron chi connectivity index (χ0n) is 28.8. The summed E-state index contributed by atoms with van der Waals surface area (Å²) in [7, 11) is -11.9. The van der Waals surface area contributed by atoms with Crippen molar-refractivity contribution in [3.63, 3.8) is 0 Å². The van der Waals surface area contributed by atoms with E-state index < -0.39 is 81.2 Å². The zero-order valence-corrected chi connectivity index (χ0v) is 14.8. The molecule has 0 aromatic heterocycles. The summed E-state index contributed by atoms with van der Waals surface area (Å²) in [5.41, 5.74) is -0.147. The molecule has 0 aliphatic rings. The molecule has 0 atom stereocenters. The van der Waals surface area contributed by atoms with Crippen molar-refractivity contribution in [2.24, 2.45) is 0 Å². The van der Waals surface area contributed by atoms with Gasteiger partial charge in [-0.05, 0) is 47.5 Å². The second kappa shape index (κ2) is 10.7. The third-order valence-corrected chi connectivity index (χ3v) is 3.48. The van der Waals surface area contributed by atoms with Crippen LogP contribution in [-0.4, -0.2) is 39.7 Å². The lowest BCUT2D eigenvalue weighted by molar-refractivity contribution is -0.121. The molecule has 29 heavy (non-hydrogen) atoms. The Bertz CT molecular complexity index is 1300. The fourth-order valence-electron chi connectivity index (χ4n) is 2.13. The number of carbonyl (C=O) groups is 2. The first-order valence-electron chi connectivity index (χ1n) is 14.9.